The van der Waals surface area contributed by atoms with Crippen LogP contribution in [0.2, 0.25) is 0 Å². The molecule has 1 unspecified atom stereocenters. The number of likely N-dealkylation sites (tertiary alicyclic amines) is 1. The van der Waals surface area contributed by atoms with Crippen molar-refractivity contribution in [1.82, 2.24) is 4.90 Å². The second kappa shape index (κ2) is 6.70. The topological polar surface area (TPSA) is 29.3 Å². The molecule has 0 radical (unpaired) electrons. The molecule has 19 heavy (non-hydrogen) atoms. The van der Waals surface area contributed by atoms with Gasteiger partial charge in [-0.25, -0.2) is 0 Å². The predicted molar refractivity (Wildman–Crippen MR) is 87.7 cm³/mol. The average Bonchev–Trinajstić information content (AvgIpc) is 2.71. The van der Waals surface area contributed by atoms with E-state index in [-0.39, 0.29) is 0 Å². The third-order valence-corrected chi connectivity index (χ3v) is 6.62. The van der Waals surface area contributed by atoms with Crippen molar-refractivity contribution in [2.75, 3.05) is 19.6 Å². The monoisotopic (exact) mass is 344 g/mol. The van der Waals surface area contributed by atoms with Crippen molar-refractivity contribution in [3.05, 3.63) is 20.3 Å². The van der Waals surface area contributed by atoms with Crippen molar-refractivity contribution < 1.29 is 0 Å². The number of nitrogens with zero attached hydrogens (tertiary/aromatic N) is 1. The van der Waals surface area contributed by atoms with Gasteiger partial charge in [0, 0.05) is 20.8 Å². The Kier molecular flexibility index (Phi) is 5.46. The minimum Gasteiger partial charge on any atom is -0.329 e. The zero-order valence-electron chi connectivity index (χ0n) is 12.2. The highest BCUT2D eigenvalue weighted by Crippen LogP contribution is 2.35. The van der Waals surface area contributed by atoms with E-state index in [1.165, 1.54) is 40.2 Å². The number of aryl methyl sites for hydroxylation is 1. The molecule has 1 saturated heterocycles. The van der Waals surface area contributed by atoms with Gasteiger partial charge in [-0.2, -0.15) is 0 Å². The summed E-state index contributed by atoms with van der Waals surface area (Å²) in [5.41, 5.74) is 6.04. The zero-order valence-corrected chi connectivity index (χ0v) is 14.6. The molecular weight excluding hydrogens is 320 g/mol. The van der Waals surface area contributed by atoms with Gasteiger partial charge in [0.15, 0.2) is 0 Å². The fourth-order valence-corrected chi connectivity index (χ4v) is 4.70. The molecule has 2 heterocycles. The van der Waals surface area contributed by atoms with E-state index in [0.717, 1.165) is 18.4 Å². The molecule has 4 heteroatoms. The van der Waals surface area contributed by atoms with Gasteiger partial charge in [0.1, 0.15) is 0 Å². The summed E-state index contributed by atoms with van der Waals surface area (Å²) in [6.07, 6.45) is 2.64. The molecule has 2 rings (SSSR count). The summed E-state index contributed by atoms with van der Waals surface area (Å²) in [7, 11) is 0. The molecule has 1 aromatic rings. The Morgan fingerprint density at radius 3 is 2.47 bits per heavy atom. The number of halogens is 1. The average molecular weight is 345 g/mol. The first-order chi connectivity index (χ1) is 9.02. The standard InChI is InChI=1S/C15H25BrN2S/c1-10(2)12-4-6-18(7-5-12)14(9-17)15-8-13(16)11(3)19-15/h8,10,12,14H,4-7,9,17H2,1-3H3. The Labute approximate surface area is 129 Å². The van der Waals surface area contributed by atoms with Gasteiger partial charge in [0.2, 0.25) is 0 Å². The first kappa shape index (κ1) is 15.5. The predicted octanol–water partition coefficient (Wildman–Crippen LogP) is 4.19. The molecule has 0 saturated carbocycles. The van der Waals surface area contributed by atoms with Crippen LogP contribution in [0.15, 0.2) is 10.5 Å². The van der Waals surface area contributed by atoms with Gasteiger partial charge in [-0.1, -0.05) is 13.8 Å². The fraction of sp³-hybridized carbons (Fsp3) is 0.733. The van der Waals surface area contributed by atoms with E-state index < -0.39 is 0 Å². The molecule has 0 aromatic carbocycles. The van der Waals surface area contributed by atoms with Crippen LogP contribution < -0.4 is 5.73 Å². The molecule has 0 bridgehead atoms. The van der Waals surface area contributed by atoms with Gasteiger partial charge in [0.05, 0.1) is 6.04 Å². The van der Waals surface area contributed by atoms with E-state index in [9.17, 15) is 0 Å². The van der Waals surface area contributed by atoms with Crippen molar-refractivity contribution in [3.8, 4) is 0 Å². The molecule has 0 amide bonds. The van der Waals surface area contributed by atoms with Crippen LogP contribution in [0.5, 0.6) is 0 Å². The number of piperidine rings is 1. The van der Waals surface area contributed by atoms with Crippen molar-refractivity contribution in [1.29, 1.82) is 0 Å². The first-order valence-electron chi connectivity index (χ1n) is 7.22. The molecule has 0 spiro atoms. The van der Waals surface area contributed by atoms with Crippen molar-refractivity contribution in [2.45, 2.75) is 39.7 Å². The summed E-state index contributed by atoms with van der Waals surface area (Å²) < 4.78 is 1.23. The summed E-state index contributed by atoms with van der Waals surface area (Å²) >= 11 is 5.50. The molecular formula is C15H25BrN2S. The maximum Gasteiger partial charge on any atom is 0.0564 e. The second-order valence-corrected chi connectivity index (χ2v) is 8.06. The van der Waals surface area contributed by atoms with E-state index in [1.54, 1.807) is 0 Å². The van der Waals surface area contributed by atoms with Gasteiger partial charge in [-0.15, -0.1) is 11.3 Å². The Hall–Kier alpha value is 0.100. The molecule has 1 aromatic heterocycles. The van der Waals surface area contributed by atoms with Gasteiger partial charge < -0.3 is 5.73 Å². The number of hydrogen-bond acceptors (Lipinski definition) is 3. The number of thiophene rings is 1. The first-order valence-corrected chi connectivity index (χ1v) is 8.83. The van der Waals surface area contributed by atoms with Gasteiger partial charge >= 0.3 is 0 Å². The van der Waals surface area contributed by atoms with Crippen LogP contribution in [0.3, 0.4) is 0 Å². The van der Waals surface area contributed by atoms with Gasteiger partial charge in [-0.3, -0.25) is 4.90 Å². The molecule has 1 aliphatic rings. The van der Waals surface area contributed by atoms with Gasteiger partial charge in [0.25, 0.3) is 0 Å². The van der Waals surface area contributed by atoms with Crippen LogP contribution in [-0.2, 0) is 0 Å². The molecule has 1 aliphatic heterocycles. The van der Waals surface area contributed by atoms with E-state index in [0.29, 0.717) is 6.04 Å². The van der Waals surface area contributed by atoms with Crippen LogP contribution in [-0.4, -0.2) is 24.5 Å². The highest BCUT2D eigenvalue weighted by molar-refractivity contribution is 9.10. The second-order valence-electron chi connectivity index (χ2n) is 5.92. The summed E-state index contributed by atoms with van der Waals surface area (Å²) in [5, 5.41) is 0. The van der Waals surface area contributed by atoms with Crippen LogP contribution in [0, 0.1) is 18.8 Å². The molecule has 1 fully saturated rings. The third-order valence-electron chi connectivity index (χ3n) is 4.39. The minimum atomic E-state index is 0.406. The van der Waals surface area contributed by atoms with E-state index in [2.05, 4.69) is 47.7 Å². The summed E-state index contributed by atoms with van der Waals surface area (Å²) in [6.45, 7) is 9.97. The lowest BCUT2D eigenvalue weighted by molar-refractivity contribution is 0.119. The van der Waals surface area contributed by atoms with Crippen LogP contribution >= 0.6 is 27.3 Å². The van der Waals surface area contributed by atoms with Gasteiger partial charge in [-0.05, 0) is 66.7 Å². The Balaban J connectivity index is 2.03. The minimum absolute atomic E-state index is 0.406. The summed E-state index contributed by atoms with van der Waals surface area (Å²) in [5.74, 6) is 1.71. The molecule has 1 atom stereocenters. The largest absolute Gasteiger partial charge is 0.329 e. The van der Waals surface area contributed by atoms with Crippen molar-refractivity contribution >= 4 is 27.3 Å². The fourth-order valence-electron chi connectivity index (χ4n) is 2.99. The lowest BCUT2D eigenvalue weighted by Gasteiger charge is -2.38. The zero-order chi connectivity index (χ0) is 14.0. The normalized spacial score (nSPS) is 20.1. The third kappa shape index (κ3) is 3.60. The van der Waals surface area contributed by atoms with Crippen LogP contribution in [0.25, 0.3) is 0 Å². The summed E-state index contributed by atoms with van der Waals surface area (Å²) in [4.78, 5) is 5.34. The van der Waals surface area contributed by atoms with E-state index in [1.807, 2.05) is 11.3 Å². The van der Waals surface area contributed by atoms with Crippen LogP contribution in [0.4, 0.5) is 0 Å². The number of rotatable bonds is 4. The molecule has 2 N–H and O–H groups in total. The maximum absolute atomic E-state index is 6.04. The highest BCUT2D eigenvalue weighted by atomic mass is 79.9. The van der Waals surface area contributed by atoms with E-state index in [4.69, 9.17) is 5.73 Å². The van der Waals surface area contributed by atoms with Crippen molar-refractivity contribution in [2.24, 2.45) is 17.6 Å². The molecule has 108 valence electrons. The Morgan fingerprint density at radius 1 is 1.42 bits per heavy atom. The quantitative estimate of drug-likeness (QED) is 0.887. The maximum atomic E-state index is 6.04. The number of nitrogens with two attached hydrogens (primary N) is 1. The lowest BCUT2D eigenvalue weighted by atomic mass is 9.86. The Bertz CT molecular complexity index is 389. The van der Waals surface area contributed by atoms with Crippen molar-refractivity contribution in [3.63, 3.8) is 0 Å². The number of hydrogen-bond donors (Lipinski definition) is 1. The summed E-state index contributed by atoms with van der Waals surface area (Å²) in [6, 6.07) is 2.66. The molecule has 0 aliphatic carbocycles. The highest BCUT2D eigenvalue weighted by Gasteiger charge is 2.27. The Morgan fingerprint density at radius 2 is 2.05 bits per heavy atom. The lowest BCUT2D eigenvalue weighted by Crippen LogP contribution is -2.40. The SMILES string of the molecule is Cc1sc(C(CN)N2CCC(C(C)C)CC2)cc1Br. The molecule has 2 nitrogen and oxygen atoms in total. The van der Waals surface area contributed by atoms with E-state index >= 15 is 0 Å². The smallest absolute Gasteiger partial charge is 0.0564 e. The van der Waals surface area contributed by atoms with Crippen LogP contribution in [0.1, 0.15) is 42.5 Å².